The average Bonchev–Trinajstić information content (AvgIpc) is 2.73. The minimum atomic E-state index is -1.47. The van der Waals surface area contributed by atoms with Crippen molar-refractivity contribution in [3.05, 3.63) is 64.7 Å². The van der Waals surface area contributed by atoms with Crippen LogP contribution < -0.4 is 15.8 Å². The Kier molecular flexibility index (Phi) is 13.5. The van der Waals surface area contributed by atoms with Crippen LogP contribution in [-0.2, 0) is 16.1 Å². The maximum Gasteiger partial charge on any atom is 0.254 e. The van der Waals surface area contributed by atoms with E-state index in [0.29, 0.717) is 12.1 Å². The molecule has 0 aliphatic heterocycles. The van der Waals surface area contributed by atoms with Gasteiger partial charge in [-0.1, -0.05) is 24.3 Å². The van der Waals surface area contributed by atoms with Gasteiger partial charge in [0.15, 0.2) is 17.7 Å². The third-order valence-electron chi connectivity index (χ3n) is 4.45. The van der Waals surface area contributed by atoms with E-state index in [2.05, 4.69) is 5.32 Å². The molecule has 0 saturated carbocycles. The highest BCUT2D eigenvalue weighted by atomic mass is 35.5. The molecule has 2 rings (SSSR count). The Bertz CT molecular complexity index is 915. The lowest BCUT2D eigenvalue weighted by Crippen LogP contribution is -2.32. The van der Waals surface area contributed by atoms with Gasteiger partial charge in [0.2, 0.25) is 0 Å². The predicted molar refractivity (Wildman–Crippen MR) is 129 cm³/mol. The molecule has 1 unspecified atom stereocenters. The zero-order valence-corrected chi connectivity index (χ0v) is 20.3. The molecule has 0 aliphatic carbocycles. The molecule has 0 heterocycles. The Hall–Kier alpha value is -2.46. The van der Waals surface area contributed by atoms with Crippen LogP contribution in [0.25, 0.3) is 0 Å². The molecule has 2 aromatic carbocycles. The number of hydrogen-bond acceptors (Lipinski definition) is 5. The number of likely N-dealkylation sites (N-methyl/N-ethyl adjacent to an activating group) is 1. The van der Waals surface area contributed by atoms with E-state index in [4.69, 9.17) is 20.6 Å². The molecule has 0 aliphatic rings. The van der Waals surface area contributed by atoms with Crippen molar-refractivity contribution in [1.29, 1.82) is 5.41 Å². The quantitative estimate of drug-likeness (QED) is 0.320. The van der Waals surface area contributed by atoms with Gasteiger partial charge in [0.1, 0.15) is 18.3 Å². The second-order valence-corrected chi connectivity index (χ2v) is 7.09. The molecule has 11 heteroatoms. The first kappa shape index (κ1) is 30.5. The maximum atomic E-state index is 15.0. The van der Waals surface area contributed by atoms with E-state index in [9.17, 15) is 9.18 Å². The Morgan fingerprint density at radius 1 is 1.15 bits per heavy atom. The number of nitrogen functional groups attached to an aromatic ring is 1. The van der Waals surface area contributed by atoms with Crippen molar-refractivity contribution in [1.82, 2.24) is 10.2 Å². The number of hydrogen-bond donors (Lipinski definition) is 3. The predicted octanol–water partition coefficient (Wildman–Crippen LogP) is 3.43. The topological polar surface area (TPSA) is 101 Å². The van der Waals surface area contributed by atoms with Crippen molar-refractivity contribution in [2.45, 2.75) is 19.6 Å². The van der Waals surface area contributed by atoms with Crippen molar-refractivity contribution in [2.24, 2.45) is 5.73 Å². The van der Waals surface area contributed by atoms with Gasteiger partial charge in [-0.25, -0.2) is 8.78 Å². The SMILES string of the molecule is CCOC(C(=O)NCc1ccc(C(=N)N)cc1)c1c(F)ccc(OCCN(C)C)c1F.Cl.Cl. The van der Waals surface area contributed by atoms with Crippen LogP contribution in [0.4, 0.5) is 8.78 Å². The van der Waals surface area contributed by atoms with Crippen LogP contribution >= 0.6 is 24.8 Å². The lowest BCUT2D eigenvalue weighted by Gasteiger charge is -2.20. The van der Waals surface area contributed by atoms with Gasteiger partial charge in [-0.15, -0.1) is 24.8 Å². The number of carbonyl (C=O) groups is 1. The number of amidine groups is 1. The van der Waals surface area contributed by atoms with Gasteiger partial charge >= 0.3 is 0 Å². The van der Waals surface area contributed by atoms with Crippen molar-refractivity contribution >= 4 is 36.6 Å². The third-order valence-corrected chi connectivity index (χ3v) is 4.45. The van der Waals surface area contributed by atoms with E-state index in [0.717, 1.165) is 11.6 Å². The number of benzene rings is 2. The minimum Gasteiger partial charge on any atom is -0.489 e. The van der Waals surface area contributed by atoms with Crippen LogP contribution in [0.3, 0.4) is 0 Å². The fraction of sp³-hybridized carbons (Fsp3) is 0.364. The van der Waals surface area contributed by atoms with Gasteiger partial charge < -0.3 is 25.4 Å². The standard InChI is InChI=1S/C22H28F2N4O3.2ClH/c1-4-30-20(22(29)27-13-14-5-7-15(8-6-14)21(25)26)18-16(23)9-10-17(19(18)24)31-12-11-28(2)3;;/h5-10,20H,4,11-13H2,1-3H3,(H3,25,26)(H,27,29);2*1H. The number of amides is 1. The number of halogens is 4. The normalized spacial score (nSPS) is 11.2. The zero-order valence-electron chi connectivity index (χ0n) is 18.7. The monoisotopic (exact) mass is 506 g/mol. The fourth-order valence-electron chi connectivity index (χ4n) is 2.78. The summed E-state index contributed by atoms with van der Waals surface area (Å²) < 4.78 is 40.3. The fourth-order valence-corrected chi connectivity index (χ4v) is 2.78. The lowest BCUT2D eigenvalue weighted by atomic mass is 10.1. The zero-order chi connectivity index (χ0) is 23.0. The number of ether oxygens (including phenoxy) is 2. The Balaban J connectivity index is 0.00000512. The summed E-state index contributed by atoms with van der Waals surface area (Å²) in [5.74, 6) is -2.74. The summed E-state index contributed by atoms with van der Waals surface area (Å²) in [6.07, 6.45) is -1.47. The van der Waals surface area contributed by atoms with Gasteiger partial charge in [0.25, 0.3) is 5.91 Å². The van der Waals surface area contributed by atoms with Gasteiger partial charge in [-0.3, -0.25) is 10.2 Å². The molecule has 0 fully saturated rings. The highest BCUT2D eigenvalue weighted by Gasteiger charge is 2.29. The maximum absolute atomic E-state index is 15.0. The van der Waals surface area contributed by atoms with E-state index in [-0.39, 0.29) is 56.2 Å². The first-order chi connectivity index (χ1) is 14.7. The number of nitrogens with zero attached hydrogens (tertiary/aromatic N) is 1. The lowest BCUT2D eigenvalue weighted by molar-refractivity contribution is -0.133. The van der Waals surface area contributed by atoms with Crippen LogP contribution in [0.2, 0.25) is 0 Å². The van der Waals surface area contributed by atoms with Crippen LogP contribution in [0.5, 0.6) is 5.75 Å². The summed E-state index contributed by atoms with van der Waals surface area (Å²) in [5.41, 5.74) is 6.22. The first-order valence-electron chi connectivity index (χ1n) is 9.82. The molecule has 0 saturated heterocycles. The largest absolute Gasteiger partial charge is 0.489 e. The molecule has 1 atom stereocenters. The van der Waals surface area contributed by atoms with Crippen molar-refractivity contribution in [3.63, 3.8) is 0 Å². The van der Waals surface area contributed by atoms with E-state index in [1.54, 1.807) is 31.2 Å². The first-order valence-corrected chi connectivity index (χ1v) is 9.82. The summed E-state index contributed by atoms with van der Waals surface area (Å²) in [6, 6.07) is 8.96. The van der Waals surface area contributed by atoms with Crippen LogP contribution in [0.15, 0.2) is 36.4 Å². The van der Waals surface area contributed by atoms with Crippen molar-refractivity contribution in [2.75, 3.05) is 33.9 Å². The van der Waals surface area contributed by atoms with Crippen molar-refractivity contribution in [3.8, 4) is 5.75 Å². The highest BCUT2D eigenvalue weighted by molar-refractivity contribution is 5.94. The third kappa shape index (κ3) is 8.77. The Labute approximate surface area is 204 Å². The van der Waals surface area contributed by atoms with Crippen molar-refractivity contribution < 1.29 is 23.0 Å². The molecule has 0 spiro atoms. The van der Waals surface area contributed by atoms with Gasteiger partial charge in [-0.2, -0.15) is 0 Å². The number of nitrogens with one attached hydrogen (secondary N) is 2. The minimum absolute atomic E-state index is 0. The number of nitrogens with two attached hydrogens (primary N) is 1. The van der Waals surface area contributed by atoms with E-state index in [1.165, 1.54) is 6.07 Å². The number of carbonyl (C=O) groups excluding carboxylic acids is 1. The summed E-state index contributed by atoms with van der Waals surface area (Å²) in [7, 11) is 3.69. The van der Waals surface area contributed by atoms with Crippen LogP contribution in [0, 0.1) is 17.0 Å². The van der Waals surface area contributed by atoms with Gasteiger partial charge in [0, 0.05) is 25.3 Å². The van der Waals surface area contributed by atoms with E-state index >= 15 is 4.39 Å². The smallest absolute Gasteiger partial charge is 0.254 e. The Morgan fingerprint density at radius 3 is 2.33 bits per heavy atom. The second kappa shape index (κ2) is 14.6. The molecular formula is C22H30Cl2F2N4O3. The molecule has 33 heavy (non-hydrogen) atoms. The molecule has 0 radical (unpaired) electrons. The van der Waals surface area contributed by atoms with Gasteiger partial charge in [-0.05, 0) is 38.7 Å². The highest BCUT2D eigenvalue weighted by Crippen LogP contribution is 2.30. The molecule has 0 bridgehead atoms. The van der Waals surface area contributed by atoms with Crippen LogP contribution in [-0.4, -0.2) is 50.5 Å². The molecule has 0 aromatic heterocycles. The summed E-state index contributed by atoms with van der Waals surface area (Å²) in [6.45, 7) is 2.58. The number of rotatable bonds is 11. The molecule has 2 aromatic rings. The van der Waals surface area contributed by atoms with E-state index < -0.39 is 29.2 Å². The van der Waals surface area contributed by atoms with Crippen LogP contribution in [0.1, 0.15) is 29.7 Å². The summed E-state index contributed by atoms with van der Waals surface area (Å²) in [5, 5.41) is 10.0. The molecular weight excluding hydrogens is 477 g/mol. The average molecular weight is 507 g/mol. The summed E-state index contributed by atoms with van der Waals surface area (Å²) >= 11 is 0. The molecule has 184 valence electrons. The van der Waals surface area contributed by atoms with Gasteiger partial charge in [0.05, 0.1) is 5.56 Å². The van der Waals surface area contributed by atoms with E-state index in [1.807, 2.05) is 19.0 Å². The molecule has 7 nitrogen and oxygen atoms in total. The second-order valence-electron chi connectivity index (χ2n) is 7.09. The molecule has 1 amide bonds. The summed E-state index contributed by atoms with van der Waals surface area (Å²) in [4.78, 5) is 14.6. The Morgan fingerprint density at radius 2 is 1.79 bits per heavy atom. The molecule has 4 N–H and O–H groups in total.